The number of Topliss-reactive ketones (excluding diaryl/α,β-unsaturated/α-hetero) is 1. The molecule has 1 heterocycles. The Kier molecular flexibility index (Phi) is 10.7. The van der Waals surface area contributed by atoms with Crippen molar-refractivity contribution < 1.29 is 38.0 Å². The largest absolute Gasteiger partial charge is 0.414 e. The summed E-state index contributed by atoms with van der Waals surface area (Å²) in [6.45, 7) is 1.51. The number of benzene rings is 4. The van der Waals surface area contributed by atoms with Crippen LogP contribution < -0.4 is 33.6 Å². The van der Waals surface area contributed by atoms with Gasteiger partial charge in [-0.1, -0.05) is 61.0 Å². The monoisotopic (exact) mass is 736 g/mol. The summed E-state index contributed by atoms with van der Waals surface area (Å²) in [6.07, 6.45) is -0.0950. The predicted octanol–water partition coefficient (Wildman–Crippen LogP) is 3.10. The van der Waals surface area contributed by atoms with Crippen molar-refractivity contribution in [3.05, 3.63) is 123 Å². The van der Waals surface area contributed by atoms with E-state index in [1.165, 1.54) is 19.1 Å². The Labute approximate surface area is 304 Å². The maximum atomic E-state index is 14.1. The fourth-order valence-electron chi connectivity index (χ4n) is 5.51. The molecule has 53 heavy (non-hydrogen) atoms. The van der Waals surface area contributed by atoms with Crippen molar-refractivity contribution in [2.24, 2.45) is 22.9 Å². The first kappa shape index (κ1) is 37.1. The molecule has 0 aliphatic heterocycles. The molecule has 1 atom stereocenters. The number of anilines is 1. The van der Waals surface area contributed by atoms with Gasteiger partial charge in [0, 0.05) is 16.1 Å². The van der Waals surface area contributed by atoms with Crippen LogP contribution in [0.3, 0.4) is 0 Å². The van der Waals surface area contributed by atoms with E-state index in [0.717, 1.165) is 5.56 Å². The molecule has 0 saturated heterocycles. The van der Waals surface area contributed by atoms with E-state index in [0.29, 0.717) is 16.1 Å². The summed E-state index contributed by atoms with van der Waals surface area (Å²) >= 11 is 6.09. The Morgan fingerprint density at radius 2 is 1.23 bits per heavy atom. The fourth-order valence-corrected chi connectivity index (χ4v) is 5.70. The molecule has 0 bridgehead atoms. The smallest absolute Gasteiger partial charge is 0.286 e. The van der Waals surface area contributed by atoms with Crippen LogP contribution in [0, 0.1) is 0 Å². The maximum absolute atomic E-state index is 14.1. The van der Waals surface area contributed by atoms with E-state index in [4.69, 9.17) is 39.0 Å². The number of amides is 6. The molecule has 1 unspecified atom stereocenters. The van der Waals surface area contributed by atoms with E-state index in [9.17, 15) is 33.6 Å². The van der Waals surface area contributed by atoms with Crippen LogP contribution in [0.15, 0.2) is 83.3 Å². The number of primary amides is 4. The fraction of sp³-hybridized carbons (Fsp3) is 0.0833. The van der Waals surface area contributed by atoms with Crippen molar-refractivity contribution in [3.8, 4) is 22.6 Å². The lowest BCUT2D eigenvalue weighted by molar-refractivity contribution is 0.0831. The summed E-state index contributed by atoms with van der Waals surface area (Å²) in [7, 11) is 0. The number of carbonyl (C=O) groups excluding carboxylic acids is 7. The van der Waals surface area contributed by atoms with Crippen molar-refractivity contribution in [1.82, 2.24) is 15.5 Å². The molecule has 5 aromatic rings. The third kappa shape index (κ3) is 7.62. The summed E-state index contributed by atoms with van der Waals surface area (Å²) < 4.78 is 5.52. The van der Waals surface area contributed by atoms with Gasteiger partial charge in [0.15, 0.2) is 0 Å². The molecule has 268 valence electrons. The highest BCUT2D eigenvalue weighted by Gasteiger charge is 2.38. The molecule has 0 fully saturated rings. The maximum Gasteiger partial charge on any atom is 0.286 e. The topological polar surface area (TPSA) is 287 Å². The standard InChI is InChI=1S/C36H29ClN8O8/c1-2-21(28(46)36-45-44-35(53-36)18-7-4-3-5-8-18)42-34(52)24-22(29(38)47)23(30(39)48)25(31(40)49)27(26(24)32(41)50)43-33(51)17-13-11-16(12-14-17)19-9-6-10-20(37)15-19/h3-15,21H,2H2,1H3,(H2,38,47)(H2,39,48)(H2,40,49)(H2,41,50)(H,42,52)(H,43,51). The van der Waals surface area contributed by atoms with Crippen LogP contribution in [0.5, 0.6) is 0 Å². The number of nitrogens with one attached hydrogen (secondary N) is 2. The average molecular weight is 737 g/mol. The second-order valence-electron chi connectivity index (χ2n) is 11.3. The van der Waals surface area contributed by atoms with E-state index in [2.05, 4.69) is 20.8 Å². The molecule has 0 aliphatic rings. The molecule has 0 spiro atoms. The molecule has 6 amide bonds. The van der Waals surface area contributed by atoms with E-state index in [-0.39, 0.29) is 17.9 Å². The summed E-state index contributed by atoms with van der Waals surface area (Å²) in [6, 6.07) is 20.0. The van der Waals surface area contributed by atoms with Crippen LogP contribution in [-0.4, -0.2) is 57.5 Å². The van der Waals surface area contributed by atoms with Crippen molar-refractivity contribution in [1.29, 1.82) is 0 Å². The molecule has 1 aromatic heterocycles. The van der Waals surface area contributed by atoms with Gasteiger partial charge in [-0.2, -0.15) is 0 Å². The highest BCUT2D eigenvalue weighted by atomic mass is 35.5. The normalized spacial score (nSPS) is 11.3. The zero-order valence-electron chi connectivity index (χ0n) is 27.6. The van der Waals surface area contributed by atoms with Gasteiger partial charge in [0.25, 0.3) is 29.5 Å². The van der Waals surface area contributed by atoms with Crippen molar-refractivity contribution >= 4 is 58.5 Å². The number of rotatable bonds is 13. The lowest BCUT2D eigenvalue weighted by Crippen LogP contribution is -2.43. The molecule has 4 aromatic carbocycles. The molecule has 0 saturated carbocycles. The van der Waals surface area contributed by atoms with Gasteiger partial charge in [0.1, 0.15) is 0 Å². The van der Waals surface area contributed by atoms with Gasteiger partial charge in [0.05, 0.1) is 39.5 Å². The summed E-state index contributed by atoms with van der Waals surface area (Å²) in [5.74, 6) is -9.57. The van der Waals surface area contributed by atoms with Gasteiger partial charge in [-0.15, -0.1) is 10.2 Å². The quantitative estimate of drug-likeness (QED) is 0.0960. The average Bonchev–Trinajstić information content (AvgIpc) is 3.63. The molecule has 17 heteroatoms. The zero-order chi connectivity index (χ0) is 38.6. The minimum Gasteiger partial charge on any atom is -0.414 e. The minimum atomic E-state index is -1.51. The minimum absolute atomic E-state index is 0.00906. The first-order chi connectivity index (χ1) is 25.2. The molecular formula is C36H29ClN8O8. The number of hydrogen-bond acceptors (Lipinski definition) is 10. The number of halogens is 1. The van der Waals surface area contributed by atoms with Crippen molar-refractivity contribution in [3.63, 3.8) is 0 Å². The van der Waals surface area contributed by atoms with Crippen LogP contribution in [-0.2, 0) is 0 Å². The van der Waals surface area contributed by atoms with Crippen molar-refractivity contribution in [2.75, 3.05) is 5.32 Å². The summed E-state index contributed by atoms with van der Waals surface area (Å²) in [4.78, 5) is 92.9. The van der Waals surface area contributed by atoms with Gasteiger partial charge in [-0.05, 0) is 53.9 Å². The number of aromatic nitrogens is 2. The molecule has 0 radical (unpaired) electrons. The number of nitrogens with two attached hydrogens (primary N) is 4. The van der Waals surface area contributed by atoms with Crippen LogP contribution in [0.4, 0.5) is 5.69 Å². The Hall–Kier alpha value is -7.20. The van der Waals surface area contributed by atoms with E-state index in [1.807, 2.05) is 0 Å². The Morgan fingerprint density at radius 3 is 1.79 bits per heavy atom. The van der Waals surface area contributed by atoms with E-state index >= 15 is 0 Å². The first-order valence-electron chi connectivity index (χ1n) is 15.6. The lowest BCUT2D eigenvalue weighted by atomic mass is 9.86. The Bertz CT molecular complexity index is 2320. The Balaban J connectivity index is 1.60. The third-order valence-electron chi connectivity index (χ3n) is 7.94. The number of carbonyl (C=O) groups is 7. The molecule has 16 nitrogen and oxygen atoms in total. The number of ketones is 1. The van der Waals surface area contributed by atoms with Crippen molar-refractivity contribution in [2.45, 2.75) is 19.4 Å². The van der Waals surface area contributed by atoms with Crippen LogP contribution in [0.1, 0.15) is 86.2 Å². The highest BCUT2D eigenvalue weighted by Crippen LogP contribution is 2.34. The zero-order valence-corrected chi connectivity index (χ0v) is 28.4. The van der Waals surface area contributed by atoms with Crippen LogP contribution in [0.2, 0.25) is 5.02 Å². The predicted molar refractivity (Wildman–Crippen MR) is 191 cm³/mol. The first-order valence-corrected chi connectivity index (χ1v) is 16.0. The third-order valence-corrected chi connectivity index (χ3v) is 8.18. The van der Waals surface area contributed by atoms with E-state index in [1.54, 1.807) is 66.7 Å². The lowest BCUT2D eigenvalue weighted by Gasteiger charge is -2.23. The molecule has 10 N–H and O–H groups in total. The van der Waals surface area contributed by atoms with E-state index < -0.39 is 86.7 Å². The van der Waals surface area contributed by atoms with Gasteiger partial charge >= 0.3 is 0 Å². The summed E-state index contributed by atoms with van der Waals surface area (Å²) in [5, 5.41) is 12.8. The molecule has 0 aliphatic carbocycles. The van der Waals surface area contributed by atoms with Gasteiger partial charge in [0.2, 0.25) is 23.5 Å². The second kappa shape index (κ2) is 15.4. The van der Waals surface area contributed by atoms with Gasteiger partial charge < -0.3 is 38.0 Å². The number of hydrogen-bond donors (Lipinski definition) is 6. The van der Waals surface area contributed by atoms with Gasteiger partial charge in [-0.25, -0.2) is 0 Å². The van der Waals surface area contributed by atoms with Crippen LogP contribution >= 0.6 is 11.6 Å². The Morgan fingerprint density at radius 1 is 0.660 bits per heavy atom. The van der Waals surface area contributed by atoms with Crippen LogP contribution in [0.25, 0.3) is 22.6 Å². The number of nitrogens with zero attached hydrogens (tertiary/aromatic N) is 2. The highest BCUT2D eigenvalue weighted by molar-refractivity contribution is 6.31. The molecular weight excluding hydrogens is 708 g/mol. The second-order valence-corrected chi connectivity index (χ2v) is 11.8. The van der Waals surface area contributed by atoms with Gasteiger partial charge in [-0.3, -0.25) is 33.6 Å². The molecule has 5 rings (SSSR count). The SMILES string of the molecule is CCC(NC(=O)c1c(C(N)=O)c(NC(=O)c2ccc(-c3cccc(Cl)c3)cc2)c(C(N)=O)c(C(N)=O)c1C(N)=O)C(=O)c1nnc(-c2ccccc2)o1. The summed E-state index contributed by atoms with van der Waals surface area (Å²) in [5.41, 5.74) is 18.7.